The van der Waals surface area contributed by atoms with Crippen molar-refractivity contribution in [3.05, 3.63) is 29.3 Å². The summed E-state index contributed by atoms with van der Waals surface area (Å²) >= 11 is 0. The van der Waals surface area contributed by atoms with Crippen LogP contribution in [-0.2, 0) is 11.3 Å². The summed E-state index contributed by atoms with van der Waals surface area (Å²) in [4.78, 5) is 13.2. The highest BCUT2D eigenvalue weighted by molar-refractivity contribution is 5.90. The van der Waals surface area contributed by atoms with Crippen molar-refractivity contribution in [3.8, 4) is 5.75 Å². The molecule has 5 nitrogen and oxygen atoms in total. The number of ether oxygens (including phenoxy) is 1. The van der Waals surface area contributed by atoms with Gasteiger partial charge in [0, 0.05) is 19.7 Å². The number of aromatic carboxylic acids is 1. The van der Waals surface area contributed by atoms with Gasteiger partial charge in [-0.3, -0.25) is 4.90 Å². The number of hydrogen-bond acceptors (Lipinski definition) is 4. The molecule has 20 heavy (non-hydrogen) atoms. The molecule has 1 aliphatic heterocycles. The minimum Gasteiger partial charge on any atom is -0.507 e. The second-order valence-corrected chi connectivity index (χ2v) is 5.12. The van der Waals surface area contributed by atoms with Crippen molar-refractivity contribution in [2.24, 2.45) is 0 Å². The van der Waals surface area contributed by atoms with E-state index in [1.165, 1.54) is 12.1 Å². The van der Waals surface area contributed by atoms with Crippen molar-refractivity contribution in [2.45, 2.75) is 32.4 Å². The van der Waals surface area contributed by atoms with Crippen molar-refractivity contribution >= 4 is 5.97 Å². The molecular weight excluding hydrogens is 258 g/mol. The first-order valence-electron chi connectivity index (χ1n) is 6.99. The Balaban J connectivity index is 2.03. The molecule has 0 radical (unpaired) electrons. The van der Waals surface area contributed by atoms with Crippen molar-refractivity contribution in [2.75, 3.05) is 19.7 Å². The highest BCUT2D eigenvalue weighted by atomic mass is 16.5. The minimum absolute atomic E-state index is 0.0457. The molecule has 0 saturated carbocycles. The zero-order chi connectivity index (χ0) is 14.5. The lowest BCUT2D eigenvalue weighted by Crippen LogP contribution is -2.31. The minimum atomic E-state index is -1.11. The third kappa shape index (κ3) is 3.71. The number of carboxylic acids is 1. The Morgan fingerprint density at radius 2 is 2.30 bits per heavy atom. The lowest BCUT2D eigenvalue weighted by atomic mass is 10.1. The van der Waals surface area contributed by atoms with Gasteiger partial charge in [0.15, 0.2) is 0 Å². The van der Waals surface area contributed by atoms with Gasteiger partial charge in [-0.15, -0.1) is 0 Å². The van der Waals surface area contributed by atoms with Crippen LogP contribution in [0.1, 0.15) is 35.7 Å². The summed E-state index contributed by atoms with van der Waals surface area (Å²) in [7, 11) is 0. The number of nitrogens with zero attached hydrogens (tertiary/aromatic N) is 1. The molecule has 0 amide bonds. The van der Waals surface area contributed by atoms with Crippen LogP contribution in [0, 0.1) is 0 Å². The highest BCUT2D eigenvalue weighted by Crippen LogP contribution is 2.20. The summed E-state index contributed by atoms with van der Waals surface area (Å²) in [5.74, 6) is -1.30. The SMILES string of the molecule is CCN(Cc1ccc(O)c(C(=O)O)c1)CC1CCCO1. The Bertz CT molecular complexity index is 469. The van der Waals surface area contributed by atoms with Gasteiger partial charge in [0.2, 0.25) is 0 Å². The second-order valence-electron chi connectivity index (χ2n) is 5.12. The normalized spacial score (nSPS) is 18.6. The average molecular weight is 279 g/mol. The van der Waals surface area contributed by atoms with E-state index in [9.17, 15) is 9.90 Å². The Morgan fingerprint density at radius 3 is 2.90 bits per heavy atom. The number of carbonyl (C=O) groups is 1. The monoisotopic (exact) mass is 279 g/mol. The van der Waals surface area contributed by atoms with E-state index in [0.29, 0.717) is 6.54 Å². The zero-order valence-corrected chi connectivity index (χ0v) is 11.7. The average Bonchev–Trinajstić information content (AvgIpc) is 2.92. The summed E-state index contributed by atoms with van der Waals surface area (Å²) in [5, 5.41) is 18.5. The van der Waals surface area contributed by atoms with Gasteiger partial charge in [-0.2, -0.15) is 0 Å². The summed E-state index contributed by atoms with van der Waals surface area (Å²) in [6.07, 6.45) is 2.49. The summed E-state index contributed by atoms with van der Waals surface area (Å²) in [6, 6.07) is 4.74. The fourth-order valence-corrected chi connectivity index (χ4v) is 2.49. The fourth-order valence-electron chi connectivity index (χ4n) is 2.49. The second kappa shape index (κ2) is 6.72. The molecule has 0 aromatic heterocycles. The first kappa shape index (κ1) is 14.8. The number of carboxylic acid groups (broad SMARTS) is 1. The predicted octanol–water partition coefficient (Wildman–Crippen LogP) is 2.09. The predicted molar refractivity (Wildman–Crippen MR) is 75.0 cm³/mol. The van der Waals surface area contributed by atoms with E-state index in [2.05, 4.69) is 11.8 Å². The highest BCUT2D eigenvalue weighted by Gasteiger charge is 2.19. The standard InChI is InChI=1S/C15H21NO4/c1-2-16(10-12-4-3-7-20-12)9-11-5-6-14(17)13(8-11)15(18)19/h5-6,8,12,17H,2-4,7,9-10H2,1H3,(H,18,19). The topological polar surface area (TPSA) is 70.0 Å². The van der Waals surface area contributed by atoms with E-state index >= 15 is 0 Å². The number of phenols is 1. The molecule has 1 heterocycles. The first-order chi connectivity index (χ1) is 9.60. The van der Waals surface area contributed by atoms with Crippen LogP contribution in [0.15, 0.2) is 18.2 Å². The Kier molecular flexibility index (Phi) is 4.98. The van der Waals surface area contributed by atoms with Crippen molar-refractivity contribution in [3.63, 3.8) is 0 Å². The number of benzene rings is 1. The maximum Gasteiger partial charge on any atom is 0.339 e. The van der Waals surface area contributed by atoms with Crippen LogP contribution >= 0.6 is 0 Å². The molecule has 5 heteroatoms. The third-order valence-corrected chi connectivity index (χ3v) is 3.63. The van der Waals surface area contributed by atoms with Crippen LogP contribution < -0.4 is 0 Å². The van der Waals surface area contributed by atoms with Gasteiger partial charge in [-0.05, 0) is 37.1 Å². The van der Waals surface area contributed by atoms with E-state index in [4.69, 9.17) is 9.84 Å². The molecule has 1 aliphatic rings. The van der Waals surface area contributed by atoms with Crippen molar-refractivity contribution in [1.29, 1.82) is 0 Å². The van der Waals surface area contributed by atoms with Crippen LogP contribution in [0.5, 0.6) is 5.75 Å². The van der Waals surface area contributed by atoms with Crippen LogP contribution in [-0.4, -0.2) is 46.9 Å². The Labute approximate surface area is 118 Å². The lowest BCUT2D eigenvalue weighted by molar-refractivity contribution is 0.0689. The van der Waals surface area contributed by atoms with E-state index in [1.54, 1.807) is 6.07 Å². The quantitative estimate of drug-likeness (QED) is 0.834. The van der Waals surface area contributed by atoms with Crippen LogP contribution in [0.2, 0.25) is 0 Å². The number of hydrogen-bond donors (Lipinski definition) is 2. The molecule has 0 bridgehead atoms. The Hall–Kier alpha value is -1.59. The van der Waals surface area contributed by atoms with E-state index in [1.807, 2.05) is 0 Å². The van der Waals surface area contributed by atoms with Gasteiger partial charge in [-0.25, -0.2) is 4.79 Å². The van der Waals surface area contributed by atoms with E-state index in [0.717, 1.165) is 38.1 Å². The Morgan fingerprint density at radius 1 is 1.50 bits per heavy atom. The molecule has 0 aliphatic carbocycles. The van der Waals surface area contributed by atoms with Crippen LogP contribution in [0.3, 0.4) is 0 Å². The van der Waals surface area contributed by atoms with Crippen molar-refractivity contribution < 1.29 is 19.7 Å². The molecule has 0 spiro atoms. The summed E-state index contributed by atoms with van der Waals surface area (Å²) < 4.78 is 5.63. The van der Waals surface area contributed by atoms with Gasteiger partial charge in [-0.1, -0.05) is 13.0 Å². The molecule has 110 valence electrons. The molecule has 1 saturated heterocycles. The number of aromatic hydroxyl groups is 1. The maximum atomic E-state index is 11.0. The molecule has 1 unspecified atom stereocenters. The fraction of sp³-hybridized carbons (Fsp3) is 0.533. The largest absolute Gasteiger partial charge is 0.507 e. The molecule has 2 rings (SSSR count). The smallest absolute Gasteiger partial charge is 0.339 e. The van der Waals surface area contributed by atoms with Gasteiger partial charge >= 0.3 is 5.97 Å². The summed E-state index contributed by atoms with van der Waals surface area (Å²) in [5.41, 5.74) is 0.843. The zero-order valence-electron chi connectivity index (χ0n) is 11.7. The molecule has 1 atom stereocenters. The van der Waals surface area contributed by atoms with E-state index in [-0.39, 0.29) is 17.4 Å². The third-order valence-electron chi connectivity index (χ3n) is 3.63. The van der Waals surface area contributed by atoms with Crippen LogP contribution in [0.4, 0.5) is 0 Å². The van der Waals surface area contributed by atoms with Crippen molar-refractivity contribution in [1.82, 2.24) is 4.90 Å². The van der Waals surface area contributed by atoms with Gasteiger partial charge in [0.25, 0.3) is 0 Å². The number of rotatable bonds is 6. The van der Waals surface area contributed by atoms with Gasteiger partial charge < -0.3 is 14.9 Å². The lowest BCUT2D eigenvalue weighted by Gasteiger charge is -2.23. The maximum absolute atomic E-state index is 11.0. The molecule has 1 aromatic rings. The molecular formula is C15H21NO4. The van der Waals surface area contributed by atoms with Crippen LogP contribution in [0.25, 0.3) is 0 Å². The van der Waals surface area contributed by atoms with Gasteiger partial charge in [0.05, 0.1) is 6.10 Å². The molecule has 1 fully saturated rings. The van der Waals surface area contributed by atoms with Gasteiger partial charge in [0.1, 0.15) is 11.3 Å². The first-order valence-corrected chi connectivity index (χ1v) is 6.99. The molecule has 1 aromatic carbocycles. The summed E-state index contributed by atoms with van der Waals surface area (Å²) in [6.45, 7) is 5.32. The molecule has 2 N–H and O–H groups in total. The van der Waals surface area contributed by atoms with E-state index < -0.39 is 5.97 Å². The number of likely N-dealkylation sites (N-methyl/N-ethyl adjacent to an activating group) is 1.